The lowest BCUT2D eigenvalue weighted by atomic mass is 10.0. The molecular formula is C26H26N4O2. The number of amidine groups is 1. The summed E-state index contributed by atoms with van der Waals surface area (Å²) in [6.45, 7) is 6.01. The number of ether oxygens (including phenoxy) is 2. The van der Waals surface area contributed by atoms with Crippen LogP contribution >= 0.6 is 0 Å². The van der Waals surface area contributed by atoms with Gasteiger partial charge in [0.25, 0.3) is 0 Å². The van der Waals surface area contributed by atoms with Gasteiger partial charge in [-0.05, 0) is 49.4 Å². The Labute approximate surface area is 188 Å². The summed E-state index contributed by atoms with van der Waals surface area (Å²) in [5, 5.41) is 4.76. The van der Waals surface area contributed by atoms with E-state index in [1.165, 1.54) is 5.69 Å². The van der Waals surface area contributed by atoms with Gasteiger partial charge in [0.1, 0.15) is 5.75 Å². The number of fused-ring (bicyclic) bond motifs is 1. The number of nitrogens with one attached hydrogen (secondary N) is 1. The van der Waals surface area contributed by atoms with Gasteiger partial charge in [-0.25, -0.2) is 4.99 Å². The highest BCUT2D eigenvalue weighted by Gasteiger charge is 2.18. The molecular weight excluding hydrogens is 400 g/mol. The van der Waals surface area contributed by atoms with Crippen LogP contribution < -0.4 is 15.1 Å². The monoisotopic (exact) mass is 426 g/mol. The molecule has 0 atom stereocenters. The maximum Gasteiger partial charge on any atom is 0.154 e. The van der Waals surface area contributed by atoms with Crippen molar-refractivity contribution >= 4 is 22.9 Å². The van der Waals surface area contributed by atoms with E-state index in [4.69, 9.17) is 19.6 Å². The summed E-state index contributed by atoms with van der Waals surface area (Å²) in [4.78, 5) is 7.23. The van der Waals surface area contributed by atoms with E-state index >= 15 is 0 Å². The van der Waals surface area contributed by atoms with Crippen LogP contribution in [-0.2, 0) is 4.74 Å². The summed E-state index contributed by atoms with van der Waals surface area (Å²) >= 11 is 0. The molecule has 162 valence electrons. The van der Waals surface area contributed by atoms with Crippen molar-refractivity contribution in [1.29, 1.82) is 0 Å². The SMILES string of the molecule is CCOc1ccc(C2=Nc3ccccc3C(c3ccc(N4CCOCC4)cc3)=NN2)cc1. The fraction of sp³-hybridized carbons (Fsp3) is 0.231. The first-order valence-electron chi connectivity index (χ1n) is 11.0. The van der Waals surface area contributed by atoms with Crippen molar-refractivity contribution in [3.8, 4) is 5.75 Å². The number of benzene rings is 3. The fourth-order valence-corrected chi connectivity index (χ4v) is 3.96. The van der Waals surface area contributed by atoms with Crippen LogP contribution in [0.15, 0.2) is 82.9 Å². The average molecular weight is 427 g/mol. The predicted molar refractivity (Wildman–Crippen MR) is 128 cm³/mol. The summed E-state index contributed by atoms with van der Waals surface area (Å²) in [5.41, 5.74) is 9.16. The standard InChI is InChI=1S/C26H26N4O2/c1-2-32-22-13-9-20(10-14-22)26-27-24-6-4-3-5-23(24)25(28-29-26)19-7-11-21(12-8-19)30-15-17-31-18-16-30/h3-14H,2,15-18H2,1H3,(H,27,29). The number of hydrazone groups is 1. The van der Waals surface area contributed by atoms with Crippen LogP contribution in [0.5, 0.6) is 5.75 Å². The number of para-hydroxylation sites is 1. The normalized spacial score (nSPS) is 15.7. The minimum Gasteiger partial charge on any atom is -0.494 e. The minimum absolute atomic E-state index is 0.643. The molecule has 0 saturated carbocycles. The van der Waals surface area contributed by atoms with Crippen LogP contribution in [0, 0.1) is 0 Å². The van der Waals surface area contributed by atoms with Crippen LogP contribution in [0.1, 0.15) is 23.6 Å². The topological polar surface area (TPSA) is 58.5 Å². The third-order valence-electron chi connectivity index (χ3n) is 5.62. The van der Waals surface area contributed by atoms with E-state index in [1.54, 1.807) is 0 Å². The molecule has 2 aliphatic rings. The number of nitrogens with zero attached hydrogens (tertiary/aromatic N) is 3. The van der Waals surface area contributed by atoms with E-state index in [-0.39, 0.29) is 0 Å². The number of aliphatic imine (C=N–C) groups is 1. The van der Waals surface area contributed by atoms with Crippen LogP contribution in [0.3, 0.4) is 0 Å². The Bertz CT molecular complexity index is 1130. The van der Waals surface area contributed by atoms with Gasteiger partial charge in [-0.3, -0.25) is 5.43 Å². The molecule has 0 spiro atoms. The predicted octanol–water partition coefficient (Wildman–Crippen LogP) is 4.36. The average Bonchev–Trinajstić information content (AvgIpc) is 3.05. The number of morpholine rings is 1. The van der Waals surface area contributed by atoms with E-state index < -0.39 is 0 Å². The van der Waals surface area contributed by atoms with E-state index in [0.717, 1.165) is 60.1 Å². The molecule has 2 heterocycles. The fourth-order valence-electron chi connectivity index (χ4n) is 3.96. The largest absolute Gasteiger partial charge is 0.494 e. The van der Waals surface area contributed by atoms with Gasteiger partial charge in [0.05, 0.1) is 31.2 Å². The number of hydrogen-bond donors (Lipinski definition) is 1. The Kier molecular flexibility index (Phi) is 5.85. The number of anilines is 1. The number of rotatable bonds is 5. The summed E-state index contributed by atoms with van der Waals surface area (Å²) < 4.78 is 11.0. The molecule has 1 fully saturated rings. The molecule has 3 aromatic carbocycles. The van der Waals surface area contributed by atoms with Crippen molar-refractivity contribution in [3.05, 3.63) is 89.5 Å². The Morgan fingerprint density at radius 1 is 0.906 bits per heavy atom. The van der Waals surface area contributed by atoms with Crippen LogP contribution in [0.2, 0.25) is 0 Å². The maximum atomic E-state index is 5.56. The molecule has 0 bridgehead atoms. The van der Waals surface area contributed by atoms with Crippen LogP contribution in [0.25, 0.3) is 0 Å². The van der Waals surface area contributed by atoms with Crippen molar-refractivity contribution in [2.45, 2.75) is 6.92 Å². The van der Waals surface area contributed by atoms with Crippen molar-refractivity contribution in [3.63, 3.8) is 0 Å². The minimum atomic E-state index is 0.643. The molecule has 0 unspecified atom stereocenters. The second kappa shape index (κ2) is 9.24. The smallest absolute Gasteiger partial charge is 0.154 e. The highest BCUT2D eigenvalue weighted by Crippen LogP contribution is 2.27. The lowest BCUT2D eigenvalue weighted by Crippen LogP contribution is -2.36. The summed E-state index contributed by atoms with van der Waals surface area (Å²) in [6.07, 6.45) is 0. The van der Waals surface area contributed by atoms with Crippen molar-refractivity contribution in [2.75, 3.05) is 37.8 Å². The molecule has 1 saturated heterocycles. The lowest BCUT2D eigenvalue weighted by molar-refractivity contribution is 0.122. The van der Waals surface area contributed by atoms with Gasteiger partial charge >= 0.3 is 0 Å². The highest BCUT2D eigenvalue weighted by atomic mass is 16.5. The molecule has 0 aliphatic carbocycles. The van der Waals surface area contributed by atoms with Gasteiger partial charge in [-0.2, -0.15) is 5.10 Å². The van der Waals surface area contributed by atoms with E-state index in [1.807, 2.05) is 49.4 Å². The molecule has 0 amide bonds. The van der Waals surface area contributed by atoms with Gasteiger partial charge in [-0.1, -0.05) is 30.3 Å². The quantitative estimate of drug-likeness (QED) is 0.659. The Hall–Kier alpha value is -3.64. The molecule has 6 nitrogen and oxygen atoms in total. The van der Waals surface area contributed by atoms with Gasteiger partial charge in [0, 0.05) is 35.5 Å². The van der Waals surface area contributed by atoms with Gasteiger partial charge < -0.3 is 14.4 Å². The van der Waals surface area contributed by atoms with Crippen LogP contribution in [0.4, 0.5) is 11.4 Å². The lowest BCUT2D eigenvalue weighted by Gasteiger charge is -2.29. The second-order valence-electron chi connectivity index (χ2n) is 7.65. The summed E-state index contributed by atoms with van der Waals surface area (Å²) in [7, 11) is 0. The summed E-state index contributed by atoms with van der Waals surface area (Å²) in [6, 6.07) is 24.6. The Morgan fingerprint density at radius 3 is 2.38 bits per heavy atom. The highest BCUT2D eigenvalue weighted by molar-refractivity contribution is 6.18. The van der Waals surface area contributed by atoms with Gasteiger partial charge in [0.2, 0.25) is 0 Å². The molecule has 1 N–H and O–H groups in total. The second-order valence-corrected chi connectivity index (χ2v) is 7.65. The third kappa shape index (κ3) is 4.22. The van der Waals surface area contributed by atoms with Crippen molar-refractivity contribution < 1.29 is 9.47 Å². The molecule has 0 aromatic heterocycles. The zero-order valence-corrected chi connectivity index (χ0v) is 18.1. The third-order valence-corrected chi connectivity index (χ3v) is 5.62. The molecule has 2 aliphatic heterocycles. The first kappa shape index (κ1) is 20.3. The molecule has 3 aromatic rings. The molecule has 0 radical (unpaired) electrons. The first-order valence-corrected chi connectivity index (χ1v) is 11.0. The Morgan fingerprint density at radius 2 is 1.62 bits per heavy atom. The zero-order valence-electron chi connectivity index (χ0n) is 18.1. The Balaban J connectivity index is 1.46. The van der Waals surface area contributed by atoms with E-state index in [0.29, 0.717) is 12.4 Å². The van der Waals surface area contributed by atoms with Crippen LogP contribution in [-0.4, -0.2) is 44.5 Å². The zero-order chi connectivity index (χ0) is 21.8. The number of hydrogen-bond acceptors (Lipinski definition) is 6. The molecule has 5 rings (SSSR count). The van der Waals surface area contributed by atoms with E-state index in [9.17, 15) is 0 Å². The maximum absolute atomic E-state index is 5.56. The van der Waals surface area contributed by atoms with Gasteiger partial charge in [-0.15, -0.1) is 0 Å². The van der Waals surface area contributed by atoms with Gasteiger partial charge in [0.15, 0.2) is 5.84 Å². The van der Waals surface area contributed by atoms with Crippen molar-refractivity contribution in [1.82, 2.24) is 5.43 Å². The molecule has 32 heavy (non-hydrogen) atoms. The van der Waals surface area contributed by atoms with Crippen molar-refractivity contribution in [2.24, 2.45) is 10.1 Å². The molecule has 6 heteroatoms. The summed E-state index contributed by atoms with van der Waals surface area (Å²) in [5.74, 6) is 1.55. The first-order chi connectivity index (χ1) is 15.8. The van der Waals surface area contributed by atoms with E-state index in [2.05, 4.69) is 40.7 Å².